The Hall–Kier alpha value is -3.22. The highest BCUT2D eigenvalue weighted by Crippen LogP contribution is 2.17. The van der Waals surface area contributed by atoms with Gasteiger partial charge in [0.1, 0.15) is 5.52 Å². The fourth-order valence-corrected chi connectivity index (χ4v) is 1.89. The third-order valence-corrected chi connectivity index (χ3v) is 2.88. The maximum atomic E-state index is 12.0. The first-order valence-electron chi connectivity index (χ1n) is 6.43. The zero-order chi connectivity index (χ0) is 15.4. The number of pyridine rings is 1. The molecule has 110 valence electrons. The molecule has 1 N–H and O–H groups in total. The minimum absolute atomic E-state index is 0.253. The predicted octanol–water partition coefficient (Wildman–Crippen LogP) is 2.02. The lowest BCUT2D eigenvalue weighted by atomic mass is 10.2. The molecular weight excluding hydrogens is 286 g/mol. The topological polar surface area (TPSA) is 94.3 Å². The number of ether oxygens (including phenoxy) is 1. The lowest BCUT2D eigenvalue weighted by Crippen LogP contribution is -2.21. The van der Waals surface area contributed by atoms with Gasteiger partial charge in [-0.25, -0.2) is 9.78 Å². The monoisotopic (exact) mass is 297 g/mol. The van der Waals surface area contributed by atoms with Gasteiger partial charge in [0.15, 0.2) is 18.6 Å². The summed E-state index contributed by atoms with van der Waals surface area (Å²) < 4.78 is 10.1. The van der Waals surface area contributed by atoms with Crippen molar-refractivity contribution in [2.75, 3.05) is 11.9 Å². The number of nitrogens with one attached hydrogen (secondary N) is 1. The molecule has 0 aliphatic heterocycles. The minimum Gasteiger partial charge on any atom is -0.452 e. The molecular formula is C15H11N3O4. The van der Waals surface area contributed by atoms with E-state index in [1.54, 1.807) is 42.7 Å². The van der Waals surface area contributed by atoms with E-state index in [0.717, 1.165) is 0 Å². The molecule has 7 nitrogen and oxygen atoms in total. The molecule has 0 fully saturated rings. The highest BCUT2D eigenvalue weighted by Gasteiger charge is 2.15. The summed E-state index contributed by atoms with van der Waals surface area (Å²) in [5.74, 6) is -1.07. The van der Waals surface area contributed by atoms with Gasteiger partial charge in [-0.15, -0.1) is 0 Å². The van der Waals surface area contributed by atoms with Crippen molar-refractivity contribution in [2.24, 2.45) is 0 Å². The Bertz CT molecular complexity index is 814. The summed E-state index contributed by atoms with van der Waals surface area (Å²) in [5.41, 5.74) is 1.72. The van der Waals surface area contributed by atoms with Gasteiger partial charge in [0.05, 0.1) is 5.56 Å². The number of amides is 1. The van der Waals surface area contributed by atoms with E-state index in [0.29, 0.717) is 16.8 Å². The van der Waals surface area contributed by atoms with E-state index >= 15 is 0 Å². The average molecular weight is 297 g/mol. The second-order valence-corrected chi connectivity index (χ2v) is 4.36. The number of rotatable bonds is 4. The molecule has 0 saturated carbocycles. The molecule has 0 atom stereocenters. The molecule has 1 aromatic carbocycles. The number of carbonyl (C=O) groups excluding carboxylic acids is 2. The maximum Gasteiger partial charge on any atom is 0.340 e. The molecule has 0 aliphatic carbocycles. The first-order valence-corrected chi connectivity index (χ1v) is 6.43. The summed E-state index contributed by atoms with van der Waals surface area (Å²) in [6.45, 7) is -0.393. The average Bonchev–Trinajstić information content (AvgIpc) is 3.02. The van der Waals surface area contributed by atoms with E-state index in [9.17, 15) is 9.59 Å². The van der Waals surface area contributed by atoms with Crippen LogP contribution in [-0.2, 0) is 9.53 Å². The fraction of sp³-hybridized carbons (Fsp3) is 0.0667. The van der Waals surface area contributed by atoms with Crippen LogP contribution in [-0.4, -0.2) is 28.5 Å². The molecule has 3 aromatic rings. The molecule has 0 bridgehead atoms. The Morgan fingerprint density at radius 2 is 2.00 bits per heavy atom. The first-order chi connectivity index (χ1) is 10.7. The quantitative estimate of drug-likeness (QED) is 0.740. The summed E-state index contributed by atoms with van der Waals surface area (Å²) in [7, 11) is 0. The lowest BCUT2D eigenvalue weighted by Gasteiger charge is -2.06. The number of para-hydroxylation sites is 1. The van der Waals surface area contributed by atoms with E-state index in [1.165, 1.54) is 6.39 Å². The number of benzene rings is 1. The summed E-state index contributed by atoms with van der Waals surface area (Å²) in [6.07, 6.45) is 4.34. The van der Waals surface area contributed by atoms with E-state index in [-0.39, 0.29) is 5.56 Å². The van der Waals surface area contributed by atoms with Crippen molar-refractivity contribution in [1.29, 1.82) is 0 Å². The Morgan fingerprint density at radius 3 is 2.82 bits per heavy atom. The Kier molecular flexibility index (Phi) is 3.78. The molecule has 0 radical (unpaired) electrons. The Labute approximate surface area is 124 Å². The van der Waals surface area contributed by atoms with Gasteiger partial charge in [0.25, 0.3) is 5.91 Å². The van der Waals surface area contributed by atoms with Crippen molar-refractivity contribution in [3.63, 3.8) is 0 Å². The van der Waals surface area contributed by atoms with Crippen LogP contribution >= 0.6 is 0 Å². The van der Waals surface area contributed by atoms with Gasteiger partial charge in [-0.05, 0) is 24.3 Å². The van der Waals surface area contributed by atoms with E-state index < -0.39 is 18.5 Å². The van der Waals surface area contributed by atoms with Crippen molar-refractivity contribution in [3.8, 4) is 0 Å². The highest BCUT2D eigenvalue weighted by atomic mass is 16.5. The van der Waals surface area contributed by atoms with Gasteiger partial charge in [-0.1, -0.05) is 6.07 Å². The van der Waals surface area contributed by atoms with Crippen LogP contribution in [0.25, 0.3) is 11.1 Å². The first kappa shape index (κ1) is 13.7. The third-order valence-electron chi connectivity index (χ3n) is 2.88. The number of aromatic nitrogens is 2. The molecule has 0 aliphatic rings. The van der Waals surface area contributed by atoms with Crippen LogP contribution in [0.5, 0.6) is 0 Å². The van der Waals surface area contributed by atoms with E-state index in [4.69, 9.17) is 9.15 Å². The number of hydrogen-bond donors (Lipinski definition) is 1. The SMILES string of the molecule is O=C(COC(=O)c1cccc2ocnc12)Nc1ccncc1. The largest absolute Gasteiger partial charge is 0.452 e. The van der Waals surface area contributed by atoms with Crippen LogP contribution in [0.15, 0.2) is 53.5 Å². The zero-order valence-corrected chi connectivity index (χ0v) is 11.4. The number of anilines is 1. The van der Waals surface area contributed by atoms with Gasteiger partial charge >= 0.3 is 5.97 Å². The number of hydrogen-bond acceptors (Lipinski definition) is 6. The molecule has 0 spiro atoms. The highest BCUT2D eigenvalue weighted by molar-refractivity contribution is 6.02. The van der Waals surface area contributed by atoms with Gasteiger partial charge in [0.2, 0.25) is 0 Å². The van der Waals surface area contributed by atoms with Gasteiger partial charge in [-0.3, -0.25) is 9.78 Å². The Balaban J connectivity index is 1.63. The van der Waals surface area contributed by atoms with Crippen molar-refractivity contribution in [2.45, 2.75) is 0 Å². The van der Waals surface area contributed by atoms with Crippen molar-refractivity contribution < 1.29 is 18.7 Å². The molecule has 0 saturated heterocycles. The van der Waals surface area contributed by atoms with Crippen LogP contribution in [0, 0.1) is 0 Å². The van der Waals surface area contributed by atoms with E-state index in [2.05, 4.69) is 15.3 Å². The summed E-state index contributed by atoms with van der Waals surface area (Å²) in [6, 6.07) is 8.18. The molecule has 2 heterocycles. The van der Waals surface area contributed by atoms with Gasteiger partial charge in [0, 0.05) is 18.1 Å². The molecule has 22 heavy (non-hydrogen) atoms. The van der Waals surface area contributed by atoms with Crippen molar-refractivity contribution in [3.05, 3.63) is 54.7 Å². The minimum atomic E-state index is -0.635. The normalized spacial score (nSPS) is 10.4. The van der Waals surface area contributed by atoms with Crippen LogP contribution in [0.4, 0.5) is 5.69 Å². The van der Waals surface area contributed by atoms with Crippen LogP contribution in [0.2, 0.25) is 0 Å². The standard InChI is InChI=1S/C15H11N3O4/c19-13(18-10-4-6-16-7-5-10)8-21-15(20)11-2-1-3-12-14(11)17-9-22-12/h1-7,9H,8H2,(H,16,18,19). The number of esters is 1. The van der Waals surface area contributed by atoms with Crippen LogP contribution in [0.1, 0.15) is 10.4 Å². The van der Waals surface area contributed by atoms with Crippen molar-refractivity contribution >= 4 is 28.7 Å². The molecule has 2 aromatic heterocycles. The van der Waals surface area contributed by atoms with Gasteiger partial charge in [-0.2, -0.15) is 0 Å². The number of nitrogens with zero attached hydrogens (tertiary/aromatic N) is 2. The second-order valence-electron chi connectivity index (χ2n) is 4.36. The summed E-state index contributed by atoms with van der Waals surface area (Å²) in [4.78, 5) is 31.5. The number of carbonyl (C=O) groups is 2. The second kappa shape index (κ2) is 6.04. The third kappa shape index (κ3) is 2.93. The predicted molar refractivity (Wildman–Crippen MR) is 77.2 cm³/mol. The van der Waals surface area contributed by atoms with Crippen molar-refractivity contribution in [1.82, 2.24) is 9.97 Å². The summed E-state index contributed by atoms with van der Waals surface area (Å²) in [5, 5.41) is 2.59. The van der Waals surface area contributed by atoms with Gasteiger partial charge < -0.3 is 14.5 Å². The summed E-state index contributed by atoms with van der Waals surface area (Å²) >= 11 is 0. The van der Waals surface area contributed by atoms with Crippen LogP contribution in [0.3, 0.4) is 0 Å². The fourth-order valence-electron chi connectivity index (χ4n) is 1.89. The number of oxazole rings is 1. The zero-order valence-electron chi connectivity index (χ0n) is 11.4. The molecule has 0 unspecified atom stereocenters. The van der Waals surface area contributed by atoms with Crippen LogP contribution < -0.4 is 5.32 Å². The molecule has 3 rings (SSSR count). The lowest BCUT2D eigenvalue weighted by molar-refractivity contribution is -0.119. The smallest absolute Gasteiger partial charge is 0.340 e. The van der Waals surface area contributed by atoms with E-state index in [1.807, 2.05) is 0 Å². The molecule has 7 heteroatoms. The number of fused-ring (bicyclic) bond motifs is 1. The molecule has 1 amide bonds. The maximum absolute atomic E-state index is 12.0. The Morgan fingerprint density at radius 1 is 1.18 bits per heavy atom.